The number of hydrogen-bond acceptors (Lipinski definition) is 3. The van der Waals surface area contributed by atoms with Crippen LogP contribution in [0.2, 0.25) is 0 Å². The molecule has 1 amide bonds. The lowest BCUT2D eigenvalue weighted by molar-refractivity contribution is -0.124. The van der Waals surface area contributed by atoms with Crippen molar-refractivity contribution in [3.63, 3.8) is 0 Å². The van der Waals surface area contributed by atoms with Crippen molar-refractivity contribution in [2.24, 2.45) is 0 Å². The molecule has 1 aliphatic rings. The van der Waals surface area contributed by atoms with Crippen LogP contribution in [0.3, 0.4) is 0 Å². The zero-order valence-corrected chi connectivity index (χ0v) is 8.05. The summed E-state index contributed by atoms with van der Waals surface area (Å²) in [5.41, 5.74) is 0. The number of nitrogens with one attached hydrogen (secondary N) is 2. The molecule has 4 heteroatoms. The van der Waals surface area contributed by atoms with Crippen LogP contribution in [0.4, 0.5) is 0 Å². The summed E-state index contributed by atoms with van der Waals surface area (Å²) in [5, 5.41) is 14.8. The minimum absolute atomic E-state index is 0.0144. The minimum atomic E-state index is -0.465. The van der Waals surface area contributed by atoms with Crippen LogP contribution < -0.4 is 10.6 Å². The number of aliphatic hydroxyl groups excluding tert-OH is 1. The van der Waals surface area contributed by atoms with Crippen molar-refractivity contribution in [3.8, 4) is 0 Å². The number of hydrogen-bond donors (Lipinski definition) is 3. The predicted molar refractivity (Wildman–Crippen MR) is 50.3 cm³/mol. The van der Waals surface area contributed by atoms with Gasteiger partial charge in [0.2, 0.25) is 5.91 Å². The molecule has 4 nitrogen and oxygen atoms in total. The lowest BCUT2D eigenvalue weighted by Crippen LogP contribution is -2.47. The molecule has 0 aromatic carbocycles. The van der Waals surface area contributed by atoms with E-state index in [1.165, 1.54) is 0 Å². The summed E-state index contributed by atoms with van der Waals surface area (Å²) in [7, 11) is 0. The average Bonchev–Trinajstić information content (AvgIpc) is 2.15. The number of piperidine rings is 1. The zero-order valence-electron chi connectivity index (χ0n) is 8.05. The molecule has 1 saturated heterocycles. The standard InChI is InChI=1S/C9H18N2O2/c1-7(12)6-11-9(13)8-4-2-3-5-10-8/h7-8,10,12H,2-6H2,1H3,(H,11,13)/t7?,8-/m0/s1. The van der Waals surface area contributed by atoms with Crippen molar-refractivity contribution < 1.29 is 9.90 Å². The van der Waals surface area contributed by atoms with Gasteiger partial charge in [-0.25, -0.2) is 0 Å². The van der Waals surface area contributed by atoms with Gasteiger partial charge in [0.05, 0.1) is 12.1 Å². The Labute approximate surface area is 78.7 Å². The molecule has 2 atom stereocenters. The summed E-state index contributed by atoms with van der Waals surface area (Å²) in [6.45, 7) is 2.93. The third-order valence-electron chi connectivity index (χ3n) is 2.20. The Balaban J connectivity index is 2.21. The molecule has 0 aliphatic carbocycles. The highest BCUT2D eigenvalue weighted by Crippen LogP contribution is 2.06. The van der Waals surface area contributed by atoms with Gasteiger partial charge in [-0.15, -0.1) is 0 Å². The molecule has 13 heavy (non-hydrogen) atoms. The third-order valence-corrected chi connectivity index (χ3v) is 2.20. The molecular weight excluding hydrogens is 168 g/mol. The van der Waals surface area contributed by atoms with Gasteiger partial charge in [0.1, 0.15) is 0 Å². The van der Waals surface area contributed by atoms with E-state index < -0.39 is 6.10 Å². The largest absolute Gasteiger partial charge is 0.392 e. The summed E-state index contributed by atoms with van der Waals surface area (Å²) >= 11 is 0. The molecular formula is C9H18N2O2. The molecule has 1 rings (SSSR count). The summed E-state index contributed by atoms with van der Waals surface area (Å²) in [5.74, 6) is 0.0144. The summed E-state index contributed by atoms with van der Waals surface area (Å²) < 4.78 is 0. The summed E-state index contributed by atoms with van der Waals surface area (Å²) in [6.07, 6.45) is 2.71. The molecule has 0 radical (unpaired) electrons. The Morgan fingerprint density at radius 3 is 3.00 bits per heavy atom. The van der Waals surface area contributed by atoms with E-state index >= 15 is 0 Å². The Hall–Kier alpha value is -0.610. The van der Waals surface area contributed by atoms with Gasteiger partial charge in [0, 0.05) is 6.54 Å². The van der Waals surface area contributed by atoms with Gasteiger partial charge in [0.15, 0.2) is 0 Å². The van der Waals surface area contributed by atoms with E-state index in [-0.39, 0.29) is 11.9 Å². The second kappa shape index (κ2) is 5.19. The Morgan fingerprint density at radius 2 is 2.46 bits per heavy atom. The smallest absolute Gasteiger partial charge is 0.237 e. The molecule has 0 saturated carbocycles. The van der Waals surface area contributed by atoms with Gasteiger partial charge in [-0.2, -0.15) is 0 Å². The lowest BCUT2D eigenvalue weighted by Gasteiger charge is -2.22. The second-order valence-electron chi connectivity index (χ2n) is 3.60. The summed E-state index contributed by atoms with van der Waals surface area (Å²) in [4.78, 5) is 11.4. The fourth-order valence-electron chi connectivity index (χ4n) is 1.45. The molecule has 0 bridgehead atoms. The van der Waals surface area contributed by atoms with E-state index in [1.807, 2.05) is 0 Å². The molecule has 1 heterocycles. The van der Waals surface area contributed by atoms with Gasteiger partial charge in [-0.05, 0) is 26.3 Å². The van der Waals surface area contributed by atoms with Crippen molar-refractivity contribution in [2.45, 2.75) is 38.3 Å². The Kier molecular flexibility index (Phi) is 4.18. The third kappa shape index (κ3) is 3.74. The lowest BCUT2D eigenvalue weighted by atomic mass is 10.0. The molecule has 0 aromatic heterocycles. The first-order valence-corrected chi connectivity index (χ1v) is 4.89. The first-order valence-electron chi connectivity index (χ1n) is 4.89. The normalized spacial score (nSPS) is 25.2. The van der Waals surface area contributed by atoms with Crippen molar-refractivity contribution >= 4 is 5.91 Å². The predicted octanol–water partition coefficient (Wildman–Crippen LogP) is -0.374. The van der Waals surface area contributed by atoms with Crippen LogP contribution >= 0.6 is 0 Å². The average molecular weight is 186 g/mol. The van der Waals surface area contributed by atoms with Gasteiger partial charge >= 0.3 is 0 Å². The summed E-state index contributed by atoms with van der Waals surface area (Å²) in [6, 6.07) is -0.0486. The SMILES string of the molecule is CC(O)CNC(=O)[C@@H]1CCCCN1. The number of rotatable bonds is 3. The highest BCUT2D eigenvalue weighted by atomic mass is 16.3. The van der Waals surface area contributed by atoms with Crippen molar-refractivity contribution in [3.05, 3.63) is 0 Å². The fraction of sp³-hybridized carbons (Fsp3) is 0.889. The van der Waals surface area contributed by atoms with E-state index in [0.29, 0.717) is 6.54 Å². The zero-order chi connectivity index (χ0) is 9.68. The number of carbonyl (C=O) groups is 1. The van der Waals surface area contributed by atoms with E-state index in [9.17, 15) is 4.79 Å². The minimum Gasteiger partial charge on any atom is -0.392 e. The monoisotopic (exact) mass is 186 g/mol. The first-order chi connectivity index (χ1) is 6.20. The number of amides is 1. The van der Waals surface area contributed by atoms with E-state index in [2.05, 4.69) is 10.6 Å². The number of aliphatic hydroxyl groups is 1. The van der Waals surface area contributed by atoms with Crippen LogP contribution in [0, 0.1) is 0 Å². The Morgan fingerprint density at radius 1 is 1.69 bits per heavy atom. The van der Waals surface area contributed by atoms with Gasteiger partial charge in [-0.1, -0.05) is 6.42 Å². The van der Waals surface area contributed by atoms with Crippen LogP contribution in [0.5, 0.6) is 0 Å². The van der Waals surface area contributed by atoms with Crippen LogP contribution in [0.15, 0.2) is 0 Å². The molecule has 1 aliphatic heterocycles. The van der Waals surface area contributed by atoms with E-state index in [0.717, 1.165) is 25.8 Å². The highest BCUT2D eigenvalue weighted by molar-refractivity contribution is 5.81. The molecule has 76 valence electrons. The second-order valence-corrected chi connectivity index (χ2v) is 3.60. The molecule has 0 aromatic rings. The molecule has 1 unspecified atom stereocenters. The Bertz CT molecular complexity index is 165. The van der Waals surface area contributed by atoms with E-state index in [4.69, 9.17) is 5.11 Å². The quantitative estimate of drug-likeness (QED) is 0.563. The van der Waals surface area contributed by atoms with Gasteiger partial charge in [0.25, 0.3) is 0 Å². The molecule has 3 N–H and O–H groups in total. The molecule has 0 spiro atoms. The highest BCUT2D eigenvalue weighted by Gasteiger charge is 2.19. The van der Waals surface area contributed by atoms with Gasteiger partial charge in [-0.3, -0.25) is 4.79 Å². The van der Waals surface area contributed by atoms with Crippen LogP contribution in [-0.2, 0) is 4.79 Å². The first kappa shape index (κ1) is 10.5. The maximum absolute atomic E-state index is 11.4. The molecule has 1 fully saturated rings. The van der Waals surface area contributed by atoms with E-state index in [1.54, 1.807) is 6.92 Å². The van der Waals surface area contributed by atoms with Crippen LogP contribution in [-0.4, -0.2) is 36.2 Å². The fourth-order valence-corrected chi connectivity index (χ4v) is 1.45. The van der Waals surface area contributed by atoms with Crippen molar-refractivity contribution in [1.29, 1.82) is 0 Å². The maximum Gasteiger partial charge on any atom is 0.237 e. The van der Waals surface area contributed by atoms with Crippen molar-refractivity contribution in [2.75, 3.05) is 13.1 Å². The van der Waals surface area contributed by atoms with Gasteiger partial charge < -0.3 is 15.7 Å². The number of carbonyl (C=O) groups excluding carboxylic acids is 1. The maximum atomic E-state index is 11.4. The van der Waals surface area contributed by atoms with Crippen LogP contribution in [0.1, 0.15) is 26.2 Å². The topological polar surface area (TPSA) is 61.4 Å². The van der Waals surface area contributed by atoms with Crippen LogP contribution in [0.25, 0.3) is 0 Å². The van der Waals surface area contributed by atoms with Crippen molar-refractivity contribution in [1.82, 2.24) is 10.6 Å².